The number of aromatic nitrogens is 1. The van der Waals surface area contributed by atoms with E-state index in [2.05, 4.69) is 50.5 Å². The van der Waals surface area contributed by atoms with E-state index in [4.69, 9.17) is 0 Å². The normalized spacial score (nSPS) is 10.7. The zero-order valence-corrected chi connectivity index (χ0v) is 10.7. The fourth-order valence-corrected chi connectivity index (χ4v) is 2.67. The minimum absolute atomic E-state index is 0.799. The van der Waals surface area contributed by atoms with Crippen molar-refractivity contribution in [2.75, 3.05) is 0 Å². The third kappa shape index (κ3) is 1.94. The molecule has 0 aliphatic rings. The summed E-state index contributed by atoms with van der Waals surface area (Å²) in [6.45, 7) is 6.44. The fourth-order valence-electron chi connectivity index (χ4n) is 1.58. The molecule has 0 aliphatic carbocycles. The van der Waals surface area contributed by atoms with Crippen molar-refractivity contribution in [3.8, 4) is 10.6 Å². The monoisotopic (exact) mass is 235 g/mol. The van der Waals surface area contributed by atoms with Crippen molar-refractivity contribution < 1.29 is 0 Å². The highest BCUT2D eigenvalue weighted by atomic mass is 32.1. The Balaban J connectivity index is 2.59. The van der Waals surface area contributed by atoms with Crippen molar-refractivity contribution in [1.29, 1.82) is 0 Å². The molecule has 0 fully saturated rings. The van der Waals surface area contributed by atoms with Crippen molar-refractivity contribution in [3.05, 3.63) is 34.2 Å². The first-order valence-corrected chi connectivity index (χ1v) is 6.14. The zero-order valence-electron chi connectivity index (χ0n) is 9.03. The highest BCUT2D eigenvalue weighted by Gasteiger charge is 2.08. The molecule has 0 saturated heterocycles. The molecule has 0 bridgehead atoms. The Kier molecular flexibility index (Phi) is 2.85. The van der Waals surface area contributed by atoms with Crippen LogP contribution in [0.15, 0.2) is 22.5 Å². The van der Waals surface area contributed by atoms with Crippen LogP contribution < -0.4 is 0 Å². The largest absolute Gasteiger partial charge is 0.230 e. The molecule has 2 rings (SSSR count). The van der Waals surface area contributed by atoms with Gasteiger partial charge in [-0.2, -0.15) is 0 Å². The third-order valence-electron chi connectivity index (χ3n) is 2.78. The highest BCUT2D eigenvalue weighted by Crippen LogP contribution is 2.30. The van der Waals surface area contributed by atoms with Crippen molar-refractivity contribution in [2.24, 2.45) is 0 Å². The van der Waals surface area contributed by atoms with Gasteiger partial charge in [0.1, 0.15) is 10.0 Å². The first-order chi connectivity index (χ1) is 7.09. The van der Waals surface area contributed by atoms with Crippen LogP contribution in [0.5, 0.6) is 0 Å². The number of hydrogen-bond acceptors (Lipinski definition) is 3. The lowest BCUT2D eigenvalue weighted by Gasteiger charge is -2.08. The molecule has 1 nitrogen and oxygen atoms in total. The average Bonchev–Trinajstić information content (AvgIpc) is 2.61. The molecule has 0 aliphatic heterocycles. The molecule has 0 saturated carbocycles. The second-order valence-corrected chi connectivity index (χ2v) is 5.01. The summed E-state index contributed by atoms with van der Waals surface area (Å²) in [5, 5.41) is 3.82. The van der Waals surface area contributed by atoms with Crippen LogP contribution in [-0.4, -0.2) is 4.98 Å². The average molecular weight is 235 g/mol. The molecule has 0 unspecified atom stereocenters. The molecule has 1 aromatic carbocycles. The molecule has 0 N–H and O–H groups in total. The minimum atomic E-state index is 0.799. The topological polar surface area (TPSA) is 12.9 Å². The summed E-state index contributed by atoms with van der Waals surface area (Å²) in [6.07, 6.45) is 0. The summed E-state index contributed by atoms with van der Waals surface area (Å²) in [4.78, 5) is 4.40. The molecule has 3 heteroatoms. The van der Waals surface area contributed by atoms with Gasteiger partial charge in [-0.1, -0.05) is 12.1 Å². The first kappa shape index (κ1) is 10.7. The van der Waals surface area contributed by atoms with Gasteiger partial charge in [-0.15, -0.1) is 24.0 Å². The second kappa shape index (κ2) is 3.99. The van der Waals surface area contributed by atoms with E-state index in [1.807, 2.05) is 5.38 Å². The Bertz CT molecular complexity index is 500. The van der Waals surface area contributed by atoms with Gasteiger partial charge in [0.05, 0.1) is 0 Å². The zero-order chi connectivity index (χ0) is 11.0. The van der Waals surface area contributed by atoms with Crippen LogP contribution in [0.3, 0.4) is 0 Å². The number of thiol groups is 1. The summed E-state index contributed by atoms with van der Waals surface area (Å²) < 4.78 is 0. The fraction of sp³-hybridized carbons (Fsp3) is 0.250. The third-order valence-corrected chi connectivity index (χ3v) is 4.06. The van der Waals surface area contributed by atoms with Crippen molar-refractivity contribution in [1.82, 2.24) is 4.98 Å². The van der Waals surface area contributed by atoms with E-state index in [1.54, 1.807) is 11.3 Å². The van der Waals surface area contributed by atoms with Crippen molar-refractivity contribution in [2.45, 2.75) is 25.8 Å². The Hall–Kier alpha value is -0.800. The van der Waals surface area contributed by atoms with E-state index < -0.39 is 0 Å². The van der Waals surface area contributed by atoms with Gasteiger partial charge in [0.2, 0.25) is 0 Å². The van der Waals surface area contributed by atoms with E-state index in [-0.39, 0.29) is 0 Å². The quantitative estimate of drug-likeness (QED) is 0.736. The van der Waals surface area contributed by atoms with Gasteiger partial charge in [-0.3, -0.25) is 0 Å². The SMILES string of the molecule is Cc1ccc(-c2nc(S)cs2)c(C)c1C. The van der Waals surface area contributed by atoms with Crippen LogP contribution in [-0.2, 0) is 0 Å². The Morgan fingerprint density at radius 3 is 2.47 bits per heavy atom. The molecule has 78 valence electrons. The Labute approximate surface area is 99.6 Å². The van der Waals surface area contributed by atoms with Crippen LogP contribution in [0.25, 0.3) is 10.6 Å². The number of aryl methyl sites for hydroxylation is 1. The minimum Gasteiger partial charge on any atom is -0.230 e. The molecule has 2 aromatic rings. The number of benzene rings is 1. The van der Waals surface area contributed by atoms with Crippen LogP contribution in [0.4, 0.5) is 0 Å². The summed E-state index contributed by atoms with van der Waals surface area (Å²) in [5.74, 6) is 0. The van der Waals surface area contributed by atoms with Crippen molar-refractivity contribution >= 4 is 24.0 Å². The smallest absolute Gasteiger partial charge is 0.124 e. The summed E-state index contributed by atoms with van der Waals surface area (Å²) in [7, 11) is 0. The van der Waals surface area contributed by atoms with E-state index in [0.717, 1.165) is 10.0 Å². The number of hydrogen-bond donors (Lipinski definition) is 1. The van der Waals surface area contributed by atoms with Gasteiger partial charge in [0.15, 0.2) is 0 Å². The van der Waals surface area contributed by atoms with Gasteiger partial charge < -0.3 is 0 Å². The first-order valence-electron chi connectivity index (χ1n) is 4.81. The summed E-state index contributed by atoms with van der Waals surface area (Å²) in [6, 6.07) is 4.29. The van der Waals surface area contributed by atoms with Crippen LogP contribution >= 0.6 is 24.0 Å². The number of nitrogens with zero attached hydrogens (tertiary/aromatic N) is 1. The van der Waals surface area contributed by atoms with E-state index in [9.17, 15) is 0 Å². The second-order valence-electron chi connectivity index (χ2n) is 3.69. The maximum absolute atomic E-state index is 4.40. The molecule has 0 atom stereocenters. The van der Waals surface area contributed by atoms with Crippen LogP contribution in [0.2, 0.25) is 0 Å². The molecule has 0 amide bonds. The lowest BCUT2D eigenvalue weighted by atomic mass is 9.99. The lowest BCUT2D eigenvalue weighted by molar-refractivity contribution is 1.20. The van der Waals surface area contributed by atoms with E-state index in [1.165, 1.54) is 22.3 Å². The number of rotatable bonds is 1. The molecule has 0 radical (unpaired) electrons. The molecule has 0 spiro atoms. The Morgan fingerprint density at radius 2 is 1.87 bits per heavy atom. The number of thiazole rings is 1. The van der Waals surface area contributed by atoms with Gasteiger partial charge in [0, 0.05) is 10.9 Å². The highest BCUT2D eigenvalue weighted by molar-refractivity contribution is 7.80. The van der Waals surface area contributed by atoms with Gasteiger partial charge in [-0.05, 0) is 37.5 Å². The molecule has 1 heterocycles. The lowest BCUT2D eigenvalue weighted by Crippen LogP contribution is -1.90. The predicted molar refractivity (Wildman–Crippen MR) is 69.0 cm³/mol. The van der Waals surface area contributed by atoms with Crippen LogP contribution in [0, 0.1) is 20.8 Å². The van der Waals surface area contributed by atoms with Gasteiger partial charge in [-0.25, -0.2) is 4.98 Å². The molecular weight excluding hydrogens is 222 g/mol. The Morgan fingerprint density at radius 1 is 1.13 bits per heavy atom. The van der Waals surface area contributed by atoms with E-state index >= 15 is 0 Å². The van der Waals surface area contributed by atoms with Crippen molar-refractivity contribution in [3.63, 3.8) is 0 Å². The standard InChI is InChI=1S/C12H13NS2/c1-7-4-5-10(9(3)8(7)2)12-13-11(14)6-15-12/h4-6,14H,1-3H3. The van der Waals surface area contributed by atoms with Crippen LogP contribution in [0.1, 0.15) is 16.7 Å². The maximum atomic E-state index is 4.40. The van der Waals surface area contributed by atoms with Gasteiger partial charge >= 0.3 is 0 Å². The summed E-state index contributed by atoms with van der Waals surface area (Å²) >= 11 is 5.88. The molecular formula is C12H13NS2. The van der Waals surface area contributed by atoms with E-state index in [0.29, 0.717) is 0 Å². The summed E-state index contributed by atoms with van der Waals surface area (Å²) in [5.41, 5.74) is 5.23. The predicted octanol–water partition coefficient (Wildman–Crippen LogP) is 4.02. The maximum Gasteiger partial charge on any atom is 0.124 e. The van der Waals surface area contributed by atoms with Gasteiger partial charge in [0.25, 0.3) is 0 Å². The molecule has 15 heavy (non-hydrogen) atoms. The molecule has 1 aromatic heterocycles.